The Morgan fingerprint density at radius 1 is 1.03 bits per heavy atom. The molecule has 0 bridgehead atoms. The number of quaternary nitrogens is 1. The molecule has 0 saturated carbocycles. The van der Waals surface area contributed by atoms with Crippen molar-refractivity contribution >= 4 is 28.4 Å². The van der Waals surface area contributed by atoms with E-state index < -0.39 is 0 Å². The predicted molar refractivity (Wildman–Crippen MR) is 131 cm³/mol. The molecule has 3 heterocycles. The predicted octanol–water partition coefficient (Wildman–Crippen LogP) is 1.23. The van der Waals surface area contributed by atoms with E-state index in [0.29, 0.717) is 17.0 Å². The lowest BCUT2D eigenvalue weighted by atomic mass is 10.1. The Bertz CT molecular complexity index is 1380. The van der Waals surface area contributed by atoms with Gasteiger partial charge in [0.1, 0.15) is 5.39 Å². The molecule has 0 spiro atoms. The molecule has 0 unspecified atom stereocenters. The summed E-state index contributed by atoms with van der Waals surface area (Å²) in [6.07, 6.45) is 1.73. The van der Waals surface area contributed by atoms with Crippen molar-refractivity contribution in [3.05, 3.63) is 70.1 Å². The fourth-order valence-electron chi connectivity index (χ4n) is 4.64. The summed E-state index contributed by atoms with van der Waals surface area (Å²) in [6.45, 7) is 8.65. The first kappa shape index (κ1) is 21.2. The van der Waals surface area contributed by atoms with Crippen LogP contribution in [-0.2, 0) is 7.05 Å². The van der Waals surface area contributed by atoms with E-state index in [-0.39, 0.29) is 5.56 Å². The number of H-pyrrole nitrogens is 1. The minimum Gasteiger partial charge on any atom is -0.360 e. The number of likely N-dealkylation sites (N-methyl/N-ethyl adjacent to an activating group) is 1. The van der Waals surface area contributed by atoms with Crippen LogP contribution in [0, 0.1) is 13.8 Å². The Kier molecular flexibility index (Phi) is 5.38. The lowest BCUT2D eigenvalue weighted by Crippen LogP contribution is -3.12. The van der Waals surface area contributed by atoms with Crippen LogP contribution in [0.15, 0.2) is 53.5 Å². The molecule has 8 heteroatoms. The number of aromatic amines is 1. The molecule has 1 aliphatic rings. The third-order valence-corrected chi connectivity index (χ3v) is 6.60. The maximum Gasteiger partial charge on any atom is 0.396 e. The van der Waals surface area contributed by atoms with Gasteiger partial charge < -0.3 is 9.80 Å². The Balaban J connectivity index is 1.44. The molecular formula is C25H31N7O+2. The molecule has 0 amide bonds. The van der Waals surface area contributed by atoms with Crippen LogP contribution in [0.4, 0.5) is 17.3 Å². The highest BCUT2D eigenvalue weighted by Crippen LogP contribution is 2.25. The number of piperazine rings is 1. The third kappa shape index (κ3) is 3.87. The van der Waals surface area contributed by atoms with Gasteiger partial charge in [0.25, 0.3) is 5.56 Å². The van der Waals surface area contributed by atoms with E-state index in [1.165, 1.54) is 24.3 Å². The average Bonchev–Trinajstić information content (AvgIpc) is 3.05. The van der Waals surface area contributed by atoms with E-state index in [1.807, 2.05) is 42.9 Å². The number of rotatable bonds is 4. The van der Waals surface area contributed by atoms with Crippen molar-refractivity contribution in [3.63, 3.8) is 0 Å². The number of nitrogens with zero attached hydrogens (tertiary/aromatic N) is 4. The summed E-state index contributed by atoms with van der Waals surface area (Å²) in [5, 5.41) is 3.92. The second kappa shape index (κ2) is 8.37. The van der Waals surface area contributed by atoms with Crippen LogP contribution in [0.25, 0.3) is 16.7 Å². The van der Waals surface area contributed by atoms with E-state index in [0.717, 1.165) is 30.0 Å². The molecule has 170 valence electrons. The molecule has 2 aromatic heterocycles. The molecular weight excluding hydrogens is 414 g/mol. The summed E-state index contributed by atoms with van der Waals surface area (Å²) in [4.78, 5) is 25.0. The van der Waals surface area contributed by atoms with Gasteiger partial charge in [-0.1, -0.05) is 23.2 Å². The zero-order valence-electron chi connectivity index (χ0n) is 19.6. The lowest BCUT2D eigenvalue weighted by molar-refractivity contribution is -0.880. The van der Waals surface area contributed by atoms with E-state index in [1.54, 1.807) is 15.8 Å². The standard InChI is InChI=1S/C25H29N7O/c1-17-7-5-6-8-22(17)32-24(33)20-16-26-25(28-23(20)30(32)4)27-19-9-10-21(18(2)15-19)31-13-11-29(3)12-14-31/h5-10,15-16H,11-14H2,1-4H3,(H,26,27,28)/p+2. The van der Waals surface area contributed by atoms with Gasteiger partial charge in [-0.3, -0.25) is 4.79 Å². The van der Waals surface area contributed by atoms with Gasteiger partial charge in [-0.15, -0.1) is 0 Å². The van der Waals surface area contributed by atoms with Crippen LogP contribution < -0.4 is 25.7 Å². The maximum atomic E-state index is 13.1. The molecule has 2 aromatic carbocycles. The van der Waals surface area contributed by atoms with Crippen molar-refractivity contribution < 1.29 is 9.88 Å². The van der Waals surface area contributed by atoms with E-state index in [2.05, 4.69) is 47.4 Å². The SMILES string of the molecule is Cc1cc(Nc2nc3c(c[nH+]2)c(=O)n(-c2ccccc2C)n3C)ccc1N1CC[NH+](C)CC1. The highest BCUT2D eigenvalue weighted by Gasteiger charge is 2.21. The van der Waals surface area contributed by atoms with Crippen LogP contribution in [-0.4, -0.2) is 47.6 Å². The molecule has 1 aliphatic heterocycles. The van der Waals surface area contributed by atoms with Crippen LogP contribution in [0.1, 0.15) is 11.1 Å². The average molecular weight is 446 g/mol. The Labute approximate surface area is 193 Å². The van der Waals surface area contributed by atoms with Crippen LogP contribution >= 0.6 is 0 Å². The highest BCUT2D eigenvalue weighted by atomic mass is 16.1. The fourth-order valence-corrected chi connectivity index (χ4v) is 4.64. The number of nitrogens with one attached hydrogen (secondary N) is 3. The van der Waals surface area contributed by atoms with Gasteiger partial charge in [0, 0.05) is 12.7 Å². The molecule has 1 saturated heterocycles. The monoisotopic (exact) mass is 445 g/mol. The summed E-state index contributed by atoms with van der Waals surface area (Å²) in [5.41, 5.74) is 5.91. The number of aryl methyl sites for hydroxylation is 3. The second-order valence-corrected chi connectivity index (χ2v) is 8.98. The molecule has 0 atom stereocenters. The molecule has 33 heavy (non-hydrogen) atoms. The van der Waals surface area contributed by atoms with E-state index in [4.69, 9.17) is 4.98 Å². The number of para-hydroxylation sites is 1. The van der Waals surface area contributed by atoms with Crippen LogP contribution in [0.3, 0.4) is 0 Å². The smallest absolute Gasteiger partial charge is 0.360 e. The Morgan fingerprint density at radius 2 is 1.79 bits per heavy atom. The summed E-state index contributed by atoms with van der Waals surface area (Å²) in [6, 6.07) is 14.3. The number of hydrogen-bond acceptors (Lipinski definition) is 4. The number of anilines is 3. The van der Waals surface area contributed by atoms with Crippen molar-refractivity contribution in [3.8, 4) is 5.69 Å². The van der Waals surface area contributed by atoms with E-state index in [9.17, 15) is 4.79 Å². The number of benzene rings is 2. The zero-order chi connectivity index (χ0) is 23.1. The van der Waals surface area contributed by atoms with Crippen molar-refractivity contribution in [1.82, 2.24) is 14.3 Å². The first-order chi connectivity index (χ1) is 15.9. The first-order valence-electron chi connectivity index (χ1n) is 11.4. The third-order valence-electron chi connectivity index (χ3n) is 6.60. The topological polar surface area (TPSA) is 73.7 Å². The molecule has 5 rings (SSSR count). The van der Waals surface area contributed by atoms with Crippen molar-refractivity contribution in [2.24, 2.45) is 7.05 Å². The Hall–Kier alpha value is -3.65. The minimum atomic E-state index is -0.0914. The van der Waals surface area contributed by atoms with Gasteiger partial charge in [0.05, 0.1) is 50.8 Å². The van der Waals surface area contributed by atoms with Crippen molar-refractivity contribution in [2.75, 3.05) is 43.4 Å². The van der Waals surface area contributed by atoms with Gasteiger partial charge >= 0.3 is 5.95 Å². The number of hydrogen-bond donors (Lipinski definition) is 2. The maximum absolute atomic E-state index is 13.1. The Morgan fingerprint density at radius 3 is 2.52 bits per heavy atom. The lowest BCUT2D eigenvalue weighted by Gasteiger charge is -2.32. The van der Waals surface area contributed by atoms with Crippen molar-refractivity contribution in [2.45, 2.75) is 13.8 Å². The molecule has 4 aromatic rings. The number of aromatic nitrogens is 4. The molecule has 1 fully saturated rings. The largest absolute Gasteiger partial charge is 0.396 e. The minimum absolute atomic E-state index is 0.0914. The number of fused-ring (bicyclic) bond motifs is 1. The highest BCUT2D eigenvalue weighted by molar-refractivity contribution is 5.75. The van der Waals surface area contributed by atoms with Gasteiger partial charge in [0.15, 0.2) is 0 Å². The van der Waals surface area contributed by atoms with Crippen molar-refractivity contribution in [1.29, 1.82) is 0 Å². The first-order valence-corrected chi connectivity index (χ1v) is 11.4. The zero-order valence-corrected chi connectivity index (χ0v) is 19.6. The summed E-state index contributed by atoms with van der Waals surface area (Å²) in [5.74, 6) is 0.593. The molecule has 0 radical (unpaired) electrons. The van der Waals surface area contributed by atoms with Crippen LogP contribution in [0.2, 0.25) is 0 Å². The summed E-state index contributed by atoms with van der Waals surface area (Å²) >= 11 is 0. The van der Waals surface area contributed by atoms with Crippen LogP contribution in [0.5, 0.6) is 0 Å². The quantitative estimate of drug-likeness (QED) is 0.496. The molecule has 8 nitrogen and oxygen atoms in total. The van der Waals surface area contributed by atoms with Gasteiger partial charge in [-0.05, 0) is 49.2 Å². The van der Waals surface area contributed by atoms with Gasteiger partial charge in [-0.2, -0.15) is 0 Å². The van der Waals surface area contributed by atoms with Gasteiger partial charge in [0.2, 0.25) is 5.65 Å². The summed E-state index contributed by atoms with van der Waals surface area (Å²) in [7, 11) is 4.12. The second-order valence-electron chi connectivity index (χ2n) is 8.98. The molecule has 3 N–H and O–H groups in total. The van der Waals surface area contributed by atoms with E-state index >= 15 is 0 Å². The normalized spacial score (nSPS) is 14.7. The summed E-state index contributed by atoms with van der Waals surface area (Å²) < 4.78 is 3.48. The fraction of sp³-hybridized carbons (Fsp3) is 0.320. The molecule has 0 aliphatic carbocycles. The van der Waals surface area contributed by atoms with Gasteiger partial charge in [-0.25, -0.2) is 19.7 Å².